The van der Waals surface area contributed by atoms with E-state index < -0.39 is 128 Å². The van der Waals surface area contributed by atoms with Crippen molar-refractivity contribution >= 4 is 53.3 Å². The van der Waals surface area contributed by atoms with Gasteiger partial charge in [0.25, 0.3) is 0 Å². The molecule has 15 N–H and O–H groups in total. The van der Waals surface area contributed by atoms with Gasteiger partial charge < -0.3 is 64.4 Å². The molecule has 7 amide bonds. The molecule has 0 aromatic rings. The van der Waals surface area contributed by atoms with Crippen molar-refractivity contribution < 1.29 is 58.5 Å². The van der Waals surface area contributed by atoms with Crippen molar-refractivity contribution in [3.8, 4) is 0 Å². The second-order valence-corrected chi connectivity index (χ2v) is 10.9. The molecule has 21 nitrogen and oxygen atoms in total. The first-order valence-corrected chi connectivity index (χ1v) is 15.0. The lowest BCUT2D eigenvalue weighted by atomic mass is 10.0. The van der Waals surface area contributed by atoms with Gasteiger partial charge >= 0.3 is 11.9 Å². The normalized spacial score (nSPS) is 13.9. The van der Waals surface area contributed by atoms with Crippen LogP contribution in [0.4, 0.5) is 0 Å². The molecule has 0 unspecified atom stereocenters. The molecular formula is C27H47N9O12. The van der Waals surface area contributed by atoms with Crippen LogP contribution >= 0.6 is 0 Å². The van der Waals surface area contributed by atoms with E-state index in [9.17, 15) is 53.4 Å². The predicted molar refractivity (Wildman–Crippen MR) is 165 cm³/mol. The number of rotatable bonds is 24. The standard InChI is InChI=1S/C27H47N9O12/c1-13(2)22(26(46)33-15(27(47)48)5-3-4-8-28)36-20(40)11-31-23(43)17(12-37)35-25(45)16(9-18(30)38)34-24(44)14(6-7-21(41)42)32-19(39)10-29/h13-17,22,37H,3-12,28-29H2,1-2H3,(H2,30,38)(H,31,43)(H,32,39)(H,33,46)(H,34,44)(H,35,45)(H,36,40)(H,41,42)(H,47,48)/t14-,15-,16-,17-,22-/m0/s1. The molecule has 0 spiro atoms. The number of carboxylic acid groups (broad SMARTS) is 2. The molecule has 0 aromatic carbocycles. The molecular weight excluding hydrogens is 642 g/mol. The van der Waals surface area contributed by atoms with Crippen LogP contribution in [-0.4, -0.2) is 125 Å². The topological polar surface area (TPSA) is 365 Å². The van der Waals surface area contributed by atoms with Crippen LogP contribution < -0.4 is 49.1 Å². The minimum atomic E-state index is -1.74. The zero-order chi connectivity index (χ0) is 37.0. The highest BCUT2D eigenvalue weighted by Crippen LogP contribution is 2.06. The van der Waals surface area contributed by atoms with Crippen molar-refractivity contribution in [3.05, 3.63) is 0 Å². The SMILES string of the molecule is CC(C)[C@H](NC(=O)CNC(=O)[C@H](CO)NC(=O)[C@H](CC(N)=O)NC(=O)[C@H](CCC(=O)O)NC(=O)CN)C(=O)N[C@@H](CCCCN)C(=O)O. The van der Waals surface area contributed by atoms with Crippen LogP contribution in [0.5, 0.6) is 0 Å². The van der Waals surface area contributed by atoms with Crippen molar-refractivity contribution in [1.29, 1.82) is 0 Å². The average molecular weight is 690 g/mol. The Morgan fingerprint density at radius 1 is 0.667 bits per heavy atom. The van der Waals surface area contributed by atoms with Gasteiger partial charge in [0.2, 0.25) is 41.4 Å². The quantitative estimate of drug-likeness (QED) is 0.0420. The monoisotopic (exact) mass is 689 g/mol. The van der Waals surface area contributed by atoms with Gasteiger partial charge in [0.05, 0.1) is 26.1 Å². The summed E-state index contributed by atoms with van der Waals surface area (Å²) < 4.78 is 0. The third-order valence-electron chi connectivity index (χ3n) is 6.59. The van der Waals surface area contributed by atoms with E-state index in [1.807, 2.05) is 0 Å². The van der Waals surface area contributed by atoms with E-state index in [4.69, 9.17) is 22.3 Å². The van der Waals surface area contributed by atoms with E-state index in [0.29, 0.717) is 19.4 Å². The van der Waals surface area contributed by atoms with E-state index in [1.54, 1.807) is 13.8 Å². The number of carbonyl (C=O) groups excluding carboxylic acids is 7. The van der Waals surface area contributed by atoms with Gasteiger partial charge in [-0.2, -0.15) is 0 Å². The zero-order valence-corrected chi connectivity index (χ0v) is 26.8. The third kappa shape index (κ3) is 17.1. The summed E-state index contributed by atoms with van der Waals surface area (Å²) in [5, 5.41) is 41.4. The highest BCUT2D eigenvalue weighted by Gasteiger charge is 2.32. The summed E-state index contributed by atoms with van der Waals surface area (Å²) in [6.07, 6.45) is -0.668. The lowest BCUT2D eigenvalue weighted by Crippen LogP contribution is -2.59. The van der Waals surface area contributed by atoms with Gasteiger partial charge in [-0.15, -0.1) is 0 Å². The van der Waals surface area contributed by atoms with Gasteiger partial charge in [-0.05, 0) is 38.1 Å². The van der Waals surface area contributed by atoms with Crippen molar-refractivity contribution in [2.45, 2.75) is 82.6 Å². The molecule has 0 heterocycles. The third-order valence-corrected chi connectivity index (χ3v) is 6.59. The number of hydrogen-bond acceptors (Lipinski definition) is 12. The van der Waals surface area contributed by atoms with Gasteiger partial charge in [0.1, 0.15) is 30.2 Å². The molecule has 0 aliphatic heterocycles. The number of nitrogens with one attached hydrogen (secondary N) is 6. The number of carboxylic acids is 2. The smallest absolute Gasteiger partial charge is 0.326 e. The maximum atomic E-state index is 12.9. The van der Waals surface area contributed by atoms with Crippen LogP contribution in [0, 0.1) is 5.92 Å². The predicted octanol–water partition coefficient (Wildman–Crippen LogP) is -5.91. The molecule has 0 aromatic heterocycles. The number of unbranched alkanes of at least 4 members (excludes halogenated alkanes) is 1. The molecule has 0 aliphatic carbocycles. The first-order valence-electron chi connectivity index (χ1n) is 15.0. The molecule has 272 valence electrons. The Bertz CT molecular complexity index is 1170. The number of nitrogens with two attached hydrogens (primary N) is 3. The first-order chi connectivity index (χ1) is 22.5. The number of primary amides is 1. The van der Waals surface area contributed by atoms with Crippen molar-refractivity contribution in [2.24, 2.45) is 23.1 Å². The van der Waals surface area contributed by atoms with E-state index >= 15 is 0 Å². The Balaban J connectivity index is 5.46. The largest absolute Gasteiger partial charge is 0.481 e. The molecule has 5 atom stereocenters. The van der Waals surface area contributed by atoms with E-state index in [1.165, 1.54) is 0 Å². The van der Waals surface area contributed by atoms with Crippen LogP contribution in [-0.2, 0) is 43.2 Å². The fourth-order valence-electron chi connectivity index (χ4n) is 4.00. The van der Waals surface area contributed by atoms with Gasteiger partial charge in [-0.1, -0.05) is 13.8 Å². The summed E-state index contributed by atoms with van der Waals surface area (Å²) in [5.41, 5.74) is 15.8. The van der Waals surface area contributed by atoms with Gasteiger partial charge in [-0.3, -0.25) is 38.4 Å². The summed E-state index contributed by atoms with van der Waals surface area (Å²) in [7, 11) is 0. The lowest BCUT2D eigenvalue weighted by molar-refractivity contribution is -0.142. The highest BCUT2D eigenvalue weighted by molar-refractivity contribution is 5.97. The lowest BCUT2D eigenvalue weighted by Gasteiger charge is -2.25. The van der Waals surface area contributed by atoms with Crippen molar-refractivity contribution in [3.63, 3.8) is 0 Å². The second-order valence-electron chi connectivity index (χ2n) is 10.9. The zero-order valence-electron chi connectivity index (χ0n) is 26.8. The summed E-state index contributed by atoms with van der Waals surface area (Å²) in [6, 6.07) is -7.34. The van der Waals surface area contributed by atoms with Gasteiger partial charge in [0, 0.05) is 6.42 Å². The summed E-state index contributed by atoms with van der Waals surface area (Å²) in [6.45, 7) is 1.23. The molecule has 0 saturated carbocycles. The molecule has 21 heteroatoms. The number of amides is 7. The Hall–Kier alpha value is -4.89. The summed E-state index contributed by atoms with van der Waals surface area (Å²) >= 11 is 0. The van der Waals surface area contributed by atoms with E-state index in [0.717, 1.165) is 0 Å². The van der Waals surface area contributed by atoms with Crippen molar-refractivity contribution in [1.82, 2.24) is 31.9 Å². The minimum absolute atomic E-state index is 0.113. The average Bonchev–Trinajstić information content (AvgIpc) is 3.01. The highest BCUT2D eigenvalue weighted by atomic mass is 16.4. The van der Waals surface area contributed by atoms with Crippen LogP contribution in [0.2, 0.25) is 0 Å². The van der Waals surface area contributed by atoms with Gasteiger partial charge in [0.15, 0.2) is 0 Å². The number of aliphatic hydroxyl groups is 1. The van der Waals surface area contributed by atoms with Gasteiger partial charge in [-0.25, -0.2) is 4.79 Å². The molecule has 0 fully saturated rings. The Morgan fingerprint density at radius 3 is 1.75 bits per heavy atom. The maximum Gasteiger partial charge on any atom is 0.326 e. The first kappa shape index (κ1) is 43.1. The Morgan fingerprint density at radius 2 is 1.25 bits per heavy atom. The molecule has 0 radical (unpaired) electrons. The number of aliphatic carboxylic acids is 2. The molecule has 0 saturated heterocycles. The van der Waals surface area contributed by atoms with E-state index in [2.05, 4.69) is 31.9 Å². The van der Waals surface area contributed by atoms with Crippen LogP contribution in [0.15, 0.2) is 0 Å². The molecule has 0 rings (SSSR count). The number of carbonyl (C=O) groups is 9. The molecule has 0 bridgehead atoms. The van der Waals surface area contributed by atoms with Crippen LogP contribution in [0.1, 0.15) is 52.4 Å². The second kappa shape index (κ2) is 22.6. The Labute approximate surface area is 275 Å². The number of hydrogen-bond donors (Lipinski definition) is 12. The Kier molecular flexibility index (Phi) is 20.3. The number of aliphatic hydroxyl groups excluding tert-OH is 1. The minimum Gasteiger partial charge on any atom is -0.481 e. The van der Waals surface area contributed by atoms with Crippen LogP contribution in [0.3, 0.4) is 0 Å². The van der Waals surface area contributed by atoms with Crippen molar-refractivity contribution in [2.75, 3.05) is 26.2 Å². The summed E-state index contributed by atoms with van der Waals surface area (Å²) in [5.74, 6) is -9.95. The fourth-order valence-corrected chi connectivity index (χ4v) is 4.00. The maximum absolute atomic E-state index is 12.9. The fraction of sp³-hybridized carbons (Fsp3) is 0.667. The van der Waals surface area contributed by atoms with Crippen LogP contribution in [0.25, 0.3) is 0 Å². The summed E-state index contributed by atoms with van der Waals surface area (Å²) in [4.78, 5) is 110. The van der Waals surface area contributed by atoms with E-state index in [-0.39, 0.29) is 6.42 Å². The molecule has 48 heavy (non-hydrogen) atoms. The molecule has 0 aliphatic rings.